The fraction of sp³-hybridized carbons (Fsp3) is 0.603. The van der Waals surface area contributed by atoms with Crippen molar-refractivity contribution >= 4 is 39.4 Å². The van der Waals surface area contributed by atoms with Crippen LogP contribution in [0.3, 0.4) is 0 Å². The highest BCUT2D eigenvalue weighted by Gasteiger charge is 2.48. The highest BCUT2D eigenvalue weighted by atomic mass is 19.3. The van der Waals surface area contributed by atoms with Crippen LogP contribution < -0.4 is 26.7 Å². The predicted molar refractivity (Wildman–Crippen MR) is 339 cm³/mol. The van der Waals surface area contributed by atoms with Crippen molar-refractivity contribution in [2.45, 2.75) is 186 Å². The Morgan fingerprint density at radius 1 is 0.596 bits per heavy atom. The molecule has 1 saturated carbocycles. The van der Waals surface area contributed by atoms with E-state index in [1.165, 1.54) is 49.1 Å². The quantitative estimate of drug-likeness (QED) is 0.162. The number of aromatic nitrogens is 6. The van der Waals surface area contributed by atoms with Gasteiger partial charge in [0.15, 0.2) is 0 Å². The smallest absolute Gasteiger partial charge is 0.276 e. The van der Waals surface area contributed by atoms with Crippen LogP contribution in [0.15, 0.2) is 70.8 Å². The van der Waals surface area contributed by atoms with Crippen LogP contribution in [0.4, 0.5) is 43.7 Å². The van der Waals surface area contributed by atoms with E-state index in [1.54, 1.807) is 22.1 Å². The second-order valence-electron chi connectivity index (χ2n) is 25.7. The van der Waals surface area contributed by atoms with Gasteiger partial charge in [0, 0.05) is 81.4 Å². The Kier molecular flexibility index (Phi) is 21.1. The normalized spacial score (nSPS) is 24.2. The van der Waals surface area contributed by atoms with E-state index < -0.39 is 46.1 Å². The largest absolute Gasteiger partial charge is 0.365 e. The Hall–Kier alpha value is -6.63. The van der Waals surface area contributed by atoms with E-state index in [1.807, 2.05) is 19.9 Å². The van der Waals surface area contributed by atoms with Crippen LogP contribution in [0.1, 0.15) is 171 Å². The molecule has 2 N–H and O–H groups in total. The summed E-state index contributed by atoms with van der Waals surface area (Å²) in [5.74, 6) is -7.80. The SMILES string of the molecule is CC.CC(C)N1CCN(c2cc3c4ncnc3n(c2=O)CCCCCCN2CCC(CC2)CC(F)(F)c2cccc(c2F)CN4)CC1.C[C@H]1Nc2ncnc3c2cc(C2(C#N)CC2)c(=O)n3CCCCCCN2CCC(CC2)CC(F)(F)c2cccc1c2F. The molecule has 7 aliphatic heterocycles. The van der Waals surface area contributed by atoms with Crippen molar-refractivity contribution < 1.29 is 26.3 Å². The minimum Gasteiger partial charge on any atom is -0.365 e. The summed E-state index contributed by atoms with van der Waals surface area (Å²) in [4.78, 5) is 54.8. The minimum absolute atomic E-state index is 0.0260. The molecular formula is C68H89F6N13O2. The molecule has 3 saturated heterocycles. The maximum absolute atomic E-state index is 15.8. The molecule has 6 aromatic rings. The molecule has 15 nitrogen and oxygen atoms in total. The van der Waals surface area contributed by atoms with E-state index in [0.29, 0.717) is 103 Å². The number of anilines is 3. The van der Waals surface area contributed by atoms with E-state index >= 15 is 26.3 Å². The third-order valence-electron chi connectivity index (χ3n) is 19.5. The first kappa shape index (κ1) is 65.3. The number of nitriles is 1. The van der Waals surface area contributed by atoms with Gasteiger partial charge in [0.25, 0.3) is 23.0 Å². The Balaban J connectivity index is 0.000000191. The monoisotopic (exact) mass is 1230 g/mol. The highest BCUT2D eigenvalue weighted by molar-refractivity contribution is 5.89. The van der Waals surface area contributed by atoms with Gasteiger partial charge in [-0.2, -0.15) is 5.26 Å². The van der Waals surface area contributed by atoms with Gasteiger partial charge in [-0.25, -0.2) is 46.3 Å². The number of halogens is 6. The molecule has 1 atom stereocenters. The van der Waals surface area contributed by atoms with Crippen LogP contribution in [0.25, 0.3) is 22.1 Å². The minimum atomic E-state index is -3.28. The lowest BCUT2D eigenvalue weighted by Gasteiger charge is -2.38. The molecule has 0 amide bonds. The molecule has 2 aromatic carbocycles. The number of benzene rings is 2. The van der Waals surface area contributed by atoms with Crippen molar-refractivity contribution in [3.05, 3.63) is 121 Å². The maximum atomic E-state index is 15.8. The molecule has 4 aromatic heterocycles. The number of piperidine rings is 2. The zero-order valence-electron chi connectivity index (χ0n) is 52.6. The third-order valence-corrected chi connectivity index (χ3v) is 19.5. The lowest BCUT2D eigenvalue weighted by atomic mass is 9.87. The van der Waals surface area contributed by atoms with E-state index in [-0.39, 0.29) is 53.5 Å². The summed E-state index contributed by atoms with van der Waals surface area (Å²) >= 11 is 0. The summed E-state index contributed by atoms with van der Waals surface area (Å²) < 4.78 is 97.1. The molecular weight excluding hydrogens is 1140 g/mol. The Labute approximate surface area is 519 Å². The molecule has 0 spiro atoms. The van der Waals surface area contributed by atoms with Gasteiger partial charge in [0.2, 0.25) is 0 Å². The number of pyridine rings is 2. The van der Waals surface area contributed by atoms with E-state index in [2.05, 4.69) is 70.1 Å². The van der Waals surface area contributed by atoms with Gasteiger partial charge < -0.3 is 25.3 Å². The van der Waals surface area contributed by atoms with Crippen molar-refractivity contribution in [2.75, 3.05) is 81.0 Å². The van der Waals surface area contributed by atoms with Crippen LogP contribution in [-0.4, -0.2) is 115 Å². The predicted octanol–water partition coefficient (Wildman–Crippen LogP) is 13.3. The standard InChI is InChI=1S/C34H46F3N7O.C32H37F3N6O.C2H6/c1-24(2)42-16-18-43(19-17-42)29-20-27-31-38-22-26-8-7-9-28(30(26)35)34(36,37)21-25-10-14-41(15-11-25)12-5-3-4-6-13-44(33(29)45)32(27)40-23-39-31;1-21-23-7-6-8-25(27(23)33)32(34,35)18-22-9-15-40(16-10-22)13-4-2-3-5-14-41-29-24(28(39-21)37-20-38-29)17-26(30(41)42)31(19-36)11-12-31;1-2/h7-9,20,23-25H,3-6,10-19,21-22H2,1-2H3,(H,38,39,40);6-8,17,20-22H,2-5,9-16,18H2,1H3,(H,37,38,39);1-2H3/t;21-;/m.1./s1. The Morgan fingerprint density at radius 2 is 1.10 bits per heavy atom. The van der Waals surface area contributed by atoms with Crippen molar-refractivity contribution in [1.82, 2.24) is 43.8 Å². The summed E-state index contributed by atoms with van der Waals surface area (Å²) in [5.41, 5.74) is 0.0630. The summed E-state index contributed by atoms with van der Waals surface area (Å²) in [6.45, 7) is 19.3. The average Bonchev–Trinajstić information content (AvgIpc) is 1.76. The summed E-state index contributed by atoms with van der Waals surface area (Å²) in [7, 11) is 0. The van der Waals surface area contributed by atoms with Gasteiger partial charge in [-0.15, -0.1) is 0 Å². The Bertz CT molecular complexity index is 3560. The third kappa shape index (κ3) is 14.8. The number of fused-ring (bicyclic) bond motifs is 18. The number of hydrogen-bond acceptors (Lipinski definition) is 13. The molecule has 480 valence electrons. The number of nitrogens with zero attached hydrogens (tertiary/aromatic N) is 11. The van der Waals surface area contributed by atoms with Gasteiger partial charge in [0.05, 0.1) is 39.4 Å². The molecule has 16 bridgehead atoms. The molecule has 11 heterocycles. The van der Waals surface area contributed by atoms with Gasteiger partial charge in [-0.05, 0) is 148 Å². The second-order valence-corrected chi connectivity index (χ2v) is 25.7. The number of nitrogens with one attached hydrogen (secondary N) is 2. The van der Waals surface area contributed by atoms with Crippen LogP contribution in [0.2, 0.25) is 0 Å². The number of aryl methyl sites for hydroxylation is 2. The maximum Gasteiger partial charge on any atom is 0.276 e. The van der Waals surface area contributed by atoms with E-state index in [0.717, 1.165) is 117 Å². The molecule has 0 unspecified atom stereocenters. The number of piperazine rings is 1. The summed E-state index contributed by atoms with van der Waals surface area (Å²) in [6, 6.07) is 14.1. The fourth-order valence-corrected chi connectivity index (χ4v) is 14.0. The highest BCUT2D eigenvalue weighted by Crippen LogP contribution is 2.47. The van der Waals surface area contributed by atoms with Gasteiger partial charge in [-0.1, -0.05) is 75.9 Å². The molecule has 8 aliphatic rings. The zero-order chi connectivity index (χ0) is 63.0. The van der Waals surface area contributed by atoms with Gasteiger partial charge in [-0.3, -0.25) is 23.6 Å². The van der Waals surface area contributed by atoms with Crippen LogP contribution in [-0.2, 0) is 36.9 Å². The molecule has 4 fully saturated rings. The molecule has 89 heavy (non-hydrogen) atoms. The van der Waals surface area contributed by atoms with Crippen molar-refractivity contribution in [3.8, 4) is 6.07 Å². The van der Waals surface area contributed by atoms with Gasteiger partial charge >= 0.3 is 0 Å². The van der Waals surface area contributed by atoms with E-state index in [4.69, 9.17) is 0 Å². The first-order valence-electron chi connectivity index (χ1n) is 32.9. The topological polar surface area (TPSA) is 156 Å². The van der Waals surface area contributed by atoms with Crippen molar-refractivity contribution in [1.29, 1.82) is 5.26 Å². The molecule has 0 radical (unpaired) electrons. The first-order chi connectivity index (χ1) is 42.9. The molecule has 1 aliphatic carbocycles. The Morgan fingerprint density at radius 3 is 1.64 bits per heavy atom. The number of rotatable bonds is 3. The van der Waals surface area contributed by atoms with Gasteiger partial charge in [0.1, 0.15) is 52.9 Å². The first-order valence-corrected chi connectivity index (χ1v) is 32.9. The average molecular weight is 1230 g/mol. The van der Waals surface area contributed by atoms with Crippen LogP contribution in [0.5, 0.6) is 0 Å². The van der Waals surface area contributed by atoms with Crippen LogP contribution >= 0.6 is 0 Å². The van der Waals surface area contributed by atoms with Crippen LogP contribution in [0, 0.1) is 34.8 Å². The summed E-state index contributed by atoms with van der Waals surface area (Å²) in [6.07, 6.45) is 13.7. The summed E-state index contributed by atoms with van der Waals surface area (Å²) in [5, 5.41) is 17.5. The number of hydrogen-bond donors (Lipinski definition) is 2. The number of alkyl halides is 4. The zero-order valence-corrected chi connectivity index (χ0v) is 52.6. The lowest BCUT2D eigenvalue weighted by Crippen LogP contribution is -2.50. The fourth-order valence-electron chi connectivity index (χ4n) is 14.0. The molecule has 14 rings (SSSR count). The second kappa shape index (κ2) is 28.7. The van der Waals surface area contributed by atoms with E-state index in [9.17, 15) is 14.9 Å². The molecule has 21 heteroatoms. The lowest BCUT2D eigenvalue weighted by molar-refractivity contribution is -0.0407. The van der Waals surface area contributed by atoms with Crippen molar-refractivity contribution in [3.63, 3.8) is 0 Å². The van der Waals surface area contributed by atoms with Crippen molar-refractivity contribution in [2.24, 2.45) is 11.8 Å².